The Labute approximate surface area is 138 Å². The number of hydrogen-bond donors (Lipinski definition) is 1. The lowest BCUT2D eigenvalue weighted by atomic mass is 10.0. The molecule has 20 heavy (non-hydrogen) atoms. The summed E-state index contributed by atoms with van der Waals surface area (Å²) < 4.78 is 1.87. The molecule has 100 valence electrons. The Morgan fingerprint density at radius 3 is 2.80 bits per heavy atom. The maximum atomic E-state index is 12.8. The van der Waals surface area contributed by atoms with Gasteiger partial charge in [0.15, 0.2) is 5.78 Å². The number of rotatable bonds is 2. The van der Waals surface area contributed by atoms with Crippen LogP contribution in [-0.4, -0.2) is 10.8 Å². The number of carbonyl (C=O) groups is 1. The van der Waals surface area contributed by atoms with Crippen LogP contribution < -0.4 is 0 Å². The molecule has 0 saturated heterocycles. The number of ketones is 1. The quantitative estimate of drug-likeness (QED) is 0.438. The number of aromatic amines is 1. The average molecular weight is 440 g/mol. The standard InChI is InChI=1S/C16H11BrINO/c1-9-3-2-4-14-15(9)12(8-19-14)16(20)11-7-10(18)5-6-13(11)17/h2-8,19H,1H3. The van der Waals surface area contributed by atoms with Gasteiger partial charge in [-0.3, -0.25) is 4.79 Å². The third-order valence-electron chi connectivity index (χ3n) is 3.33. The van der Waals surface area contributed by atoms with E-state index in [1.165, 1.54) is 0 Å². The first kappa shape index (κ1) is 13.8. The largest absolute Gasteiger partial charge is 0.360 e. The van der Waals surface area contributed by atoms with E-state index in [2.05, 4.69) is 43.5 Å². The second-order valence-corrected chi connectivity index (χ2v) is 6.75. The topological polar surface area (TPSA) is 32.9 Å². The van der Waals surface area contributed by atoms with Crippen LogP contribution in [0.1, 0.15) is 21.5 Å². The zero-order valence-corrected chi connectivity index (χ0v) is 14.4. The van der Waals surface area contributed by atoms with E-state index in [-0.39, 0.29) is 5.78 Å². The molecule has 1 N–H and O–H groups in total. The SMILES string of the molecule is Cc1cccc2[nH]cc(C(=O)c3cc(I)ccc3Br)c12. The van der Waals surface area contributed by atoms with Crippen LogP contribution in [0.25, 0.3) is 10.9 Å². The Hall–Kier alpha value is -1.14. The van der Waals surface area contributed by atoms with Gasteiger partial charge in [-0.25, -0.2) is 0 Å². The third kappa shape index (κ3) is 2.31. The molecule has 0 fully saturated rings. The van der Waals surface area contributed by atoms with Crippen LogP contribution in [-0.2, 0) is 0 Å². The number of hydrogen-bond acceptors (Lipinski definition) is 1. The smallest absolute Gasteiger partial charge is 0.196 e. The molecule has 0 amide bonds. The first-order valence-electron chi connectivity index (χ1n) is 6.14. The summed E-state index contributed by atoms with van der Waals surface area (Å²) in [6.45, 7) is 2.02. The number of nitrogens with one attached hydrogen (secondary N) is 1. The molecule has 0 aliphatic heterocycles. The number of aryl methyl sites for hydroxylation is 1. The summed E-state index contributed by atoms with van der Waals surface area (Å²) in [4.78, 5) is 16.0. The van der Waals surface area contributed by atoms with Gasteiger partial charge in [-0.05, 0) is 59.3 Å². The zero-order valence-electron chi connectivity index (χ0n) is 10.7. The summed E-state index contributed by atoms with van der Waals surface area (Å²) in [5, 5.41) is 1.00. The van der Waals surface area contributed by atoms with Gasteiger partial charge in [-0.15, -0.1) is 0 Å². The maximum absolute atomic E-state index is 12.8. The van der Waals surface area contributed by atoms with Gasteiger partial charge in [0.25, 0.3) is 0 Å². The highest BCUT2D eigenvalue weighted by Crippen LogP contribution is 2.28. The van der Waals surface area contributed by atoms with Crippen LogP contribution in [0.4, 0.5) is 0 Å². The van der Waals surface area contributed by atoms with Crippen molar-refractivity contribution < 1.29 is 4.79 Å². The fraction of sp³-hybridized carbons (Fsp3) is 0.0625. The Morgan fingerprint density at radius 1 is 1.20 bits per heavy atom. The molecule has 0 bridgehead atoms. The van der Waals surface area contributed by atoms with Crippen molar-refractivity contribution in [1.29, 1.82) is 0 Å². The number of benzene rings is 2. The van der Waals surface area contributed by atoms with Gasteiger partial charge in [0, 0.05) is 36.3 Å². The minimum atomic E-state index is 0.0379. The fourth-order valence-electron chi connectivity index (χ4n) is 2.36. The zero-order chi connectivity index (χ0) is 14.3. The second kappa shape index (κ2) is 5.33. The average Bonchev–Trinajstić information content (AvgIpc) is 2.86. The molecule has 0 unspecified atom stereocenters. The van der Waals surface area contributed by atoms with E-state index in [0.29, 0.717) is 5.56 Å². The van der Waals surface area contributed by atoms with Gasteiger partial charge in [-0.2, -0.15) is 0 Å². The van der Waals surface area contributed by atoms with Crippen LogP contribution in [0.2, 0.25) is 0 Å². The van der Waals surface area contributed by atoms with Gasteiger partial charge in [0.05, 0.1) is 0 Å². The first-order chi connectivity index (χ1) is 9.58. The Kier molecular flexibility index (Phi) is 3.69. The van der Waals surface area contributed by atoms with Gasteiger partial charge >= 0.3 is 0 Å². The van der Waals surface area contributed by atoms with Gasteiger partial charge < -0.3 is 4.98 Å². The summed E-state index contributed by atoms with van der Waals surface area (Å²) in [5.41, 5.74) is 3.52. The molecular formula is C16H11BrINO. The lowest BCUT2D eigenvalue weighted by molar-refractivity contribution is 0.103. The molecule has 0 radical (unpaired) electrons. The van der Waals surface area contributed by atoms with E-state index in [9.17, 15) is 4.79 Å². The van der Waals surface area contributed by atoms with Gasteiger partial charge in [-0.1, -0.05) is 28.1 Å². The van der Waals surface area contributed by atoms with Crippen LogP contribution in [0.3, 0.4) is 0 Å². The van der Waals surface area contributed by atoms with Crippen molar-refractivity contribution in [1.82, 2.24) is 4.98 Å². The highest BCUT2D eigenvalue weighted by Gasteiger charge is 2.18. The summed E-state index contributed by atoms with van der Waals surface area (Å²) in [7, 11) is 0. The monoisotopic (exact) mass is 439 g/mol. The third-order valence-corrected chi connectivity index (χ3v) is 4.69. The van der Waals surface area contributed by atoms with Crippen LogP contribution in [0, 0.1) is 10.5 Å². The van der Waals surface area contributed by atoms with Crippen molar-refractivity contribution >= 4 is 55.2 Å². The Bertz CT molecular complexity index is 822. The molecule has 1 heterocycles. The van der Waals surface area contributed by atoms with Crippen molar-refractivity contribution in [2.45, 2.75) is 6.92 Å². The number of halogens is 2. The molecule has 0 saturated carbocycles. The highest BCUT2D eigenvalue weighted by molar-refractivity contribution is 14.1. The Morgan fingerprint density at radius 2 is 2.00 bits per heavy atom. The predicted octanol–water partition coefficient (Wildman–Crippen LogP) is 5.07. The lowest BCUT2D eigenvalue weighted by Gasteiger charge is -2.05. The van der Waals surface area contributed by atoms with Crippen molar-refractivity contribution in [3.8, 4) is 0 Å². The summed E-state index contributed by atoms with van der Waals surface area (Å²) in [6.07, 6.45) is 1.80. The molecule has 3 rings (SSSR count). The summed E-state index contributed by atoms with van der Waals surface area (Å²) in [5.74, 6) is 0.0379. The Balaban J connectivity index is 2.21. The summed E-state index contributed by atoms with van der Waals surface area (Å²) >= 11 is 5.68. The molecule has 0 aliphatic carbocycles. The number of carbonyl (C=O) groups excluding carboxylic acids is 1. The molecule has 0 aliphatic rings. The van der Waals surface area contributed by atoms with E-state index in [0.717, 1.165) is 30.1 Å². The van der Waals surface area contributed by atoms with Crippen molar-refractivity contribution in [2.75, 3.05) is 0 Å². The molecule has 2 aromatic carbocycles. The van der Waals surface area contributed by atoms with Gasteiger partial charge in [0.2, 0.25) is 0 Å². The van der Waals surface area contributed by atoms with Crippen LogP contribution in [0.15, 0.2) is 47.1 Å². The van der Waals surface area contributed by atoms with Crippen molar-refractivity contribution in [3.63, 3.8) is 0 Å². The number of fused-ring (bicyclic) bond motifs is 1. The molecule has 2 nitrogen and oxygen atoms in total. The normalized spacial score (nSPS) is 10.9. The van der Waals surface area contributed by atoms with E-state index in [4.69, 9.17) is 0 Å². The van der Waals surface area contributed by atoms with Crippen LogP contribution in [0.5, 0.6) is 0 Å². The second-order valence-electron chi connectivity index (χ2n) is 4.65. The van der Waals surface area contributed by atoms with E-state index < -0.39 is 0 Å². The minimum absolute atomic E-state index is 0.0379. The predicted molar refractivity (Wildman–Crippen MR) is 93.3 cm³/mol. The van der Waals surface area contributed by atoms with Gasteiger partial charge in [0.1, 0.15) is 0 Å². The molecule has 0 spiro atoms. The maximum Gasteiger partial charge on any atom is 0.196 e. The van der Waals surface area contributed by atoms with Crippen molar-refractivity contribution in [2.24, 2.45) is 0 Å². The minimum Gasteiger partial charge on any atom is -0.360 e. The molecular weight excluding hydrogens is 429 g/mol. The first-order valence-corrected chi connectivity index (χ1v) is 8.01. The number of H-pyrrole nitrogens is 1. The van der Waals surface area contributed by atoms with E-state index in [1.807, 2.05) is 43.3 Å². The van der Waals surface area contributed by atoms with E-state index >= 15 is 0 Å². The molecule has 1 aromatic heterocycles. The summed E-state index contributed by atoms with van der Waals surface area (Å²) in [6, 6.07) is 11.8. The molecule has 4 heteroatoms. The fourth-order valence-corrected chi connectivity index (χ4v) is 3.28. The van der Waals surface area contributed by atoms with Crippen molar-refractivity contribution in [3.05, 3.63) is 67.3 Å². The van der Waals surface area contributed by atoms with Crippen LogP contribution >= 0.6 is 38.5 Å². The molecule has 3 aromatic rings. The highest BCUT2D eigenvalue weighted by atomic mass is 127. The van der Waals surface area contributed by atoms with E-state index in [1.54, 1.807) is 6.20 Å². The molecule has 0 atom stereocenters. The lowest BCUT2D eigenvalue weighted by Crippen LogP contribution is -2.02. The number of aromatic nitrogens is 1.